The number of hydrogen-bond acceptors (Lipinski definition) is 12. The maximum Gasteiger partial charge on any atom is 0.408 e. The zero-order valence-corrected chi connectivity index (χ0v) is 34.1. The second kappa shape index (κ2) is 16.9. The van der Waals surface area contributed by atoms with E-state index >= 15 is 4.79 Å². The number of methoxy groups -OCH3 is 2. The molecule has 5 aliphatic rings. The fourth-order valence-corrected chi connectivity index (χ4v) is 9.82. The molecule has 2 saturated heterocycles. The van der Waals surface area contributed by atoms with Crippen molar-refractivity contribution in [2.45, 2.75) is 93.8 Å². The summed E-state index contributed by atoms with van der Waals surface area (Å²) in [4.78, 5) is 63.6. The number of nitrogens with zero attached hydrogens (tertiary/aromatic N) is 3. The lowest BCUT2D eigenvalue weighted by Gasteiger charge is -2.43. The number of carbonyl (C=O) groups excluding carboxylic acids is 3. The molecule has 7 atom stereocenters. The SMILES string of the molecule is COCCOc1cnc(O[C@@H]2C[C@H]3C(=O)N[C@]4(C(=O)NS(=O)(=O)C5CC5)C[C@H]4/C=C\CC[C@@H](C)C[C@@H](C)[C@H](N(C(=O)O)C4COC4)C(=O)N3C2)c2ccc(OC)cc12. The summed E-state index contributed by atoms with van der Waals surface area (Å²) in [6.45, 7) is 4.69. The van der Waals surface area contributed by atoms with E-state index in [0.717, 1.165) is 6.42 Å². The molecule has 1 aromatic heterocycles. The van der Waals surface area contributed by atoms with Gasteiger partial charge in [-0.2, -0.15) is 0 Å². The van der Waals surface area contributed by atoms with E-state index in [1.165, 1.54) is 16.0 Å². The van der Waals surface area contributed by atoms with E-state index in [4.69, 9.17) is 23.7 Å². The van der Waals surface area contributed by atoms with Crippen LogP contribution in [0.15, 0.2) is 36.5 Å². The van der Waals surface area contributed by atoms with Crippen LogP contribution in [0.3, 0.4) is 0 Å². The molecule has 2 aliphatic carbocycles. The molecule has 4 heterocycles. The van der Waals surface area contributed by atoms with Gasteiger partial charge in [-0.25, -0.2) is 18.2 Å². The Balaban J connectivity index is 1.25. The van der Waals surface area contributed by atoms with Gasteiger partial charge in [-0.3, -0.25) is 24.0 Å². The van der Waals surface area contributed by atoms with Crippen LogP contribution < -0.4 is 24.2 Å². The average Bonchev–Trinajstić information content (AvgIpc) is 4.09. The van der Waals surface area contributed by atoms with Crippen LogP contribution in [0.25, 0.3) is 10.8 Å². The van der Waals surface area contributed by atoms with Crippen molar-refractivity contribution >= 4 is 44.6 Å². The Morgan fingerprint density at radius 3 is 2.55 bits per heavy atom. The van der Waals surface area contributed by atoms with Crippen LogP contribution in [0, 0.1) is 17.8 Å². The zero-order valence-electron chi connectivity index (χ0n) is 33.3. The molecule has 58 heavy (non-hydrogen) atoms. The van der Waals surface area contributed by atoms with E-state index in [9.17, 15) is 27.9 Å². The molecule has 3 aliphatic heterocycles. The van der Waals surface area contributed by atoms with Crippen molar-refractivity contribution in [1.82, 2.24) is 24.8 Å². The number of ether oxygens (including phenoxy) is 5. The lowest BCUT2D eigenvalue weighted by atomic mass is 9.86. The number of fused-ring (bicyclic) bond motifs is 3. The number of hydrogen-bond donors (Lipinski definition) is 3. The van der Waals surface area contributed by atoms with E-state index in [-0.39, 0.29) is 51.0 Å². The molecule has 0 bridgehead atoms. The summed E-state index contributed by atoms with van der Waals surface area (Å²) in [5.41, 5.74) is -1.56. The second-order valence-electron chi connectivity index (χ2n) is 16.3. The number of aromatic nitrogens is 1. The quantitative estimate of drug-likeness (QED) is 0.208. The molecule has 3 N–H and O–H groups in total. The molecule has 17 nitrogen and oxygen atoms in total. The van der Waals surface area contributed by atoms with Gasteiger partial charge in [-0.15, -0.1) is 0 Å². The van der Waals surface area contributed by atoms with Crippen molar-refractivity contribution in [1.29, 1.82) is 0 Å². The summed E-state index contributed by atoms with van der Waals surface area (Å²) in [6.07, 6.45) is 6.16. The zero-order chi connectivity index (χ0) is 41.4. The Morgan fingerprint density at radius 2 is 1.88 bits per heavy atom. The maximum absolute atomic E-state index is 15.1. The number of pyridine rings is 1. The normalized spacial score (nSPS) is 29.8. The topological polar surface area (TPSA) is 212 Å². The fourth-order valence-electron chi connectivity index (χ4n) is 8.46. The minimum absolute atomic E-state index is 0.0291. The lowest BCUT2D eigenvalue weighted by Crippen LogP contribution is -2.63. The number of carboxylic acid groups (broad SMARTS) is 1. The number of carbonyl (C=O) groups is 4. The van der Waals surface area contributed by atoms with Crippen LogP contribution in [0.1, 0.15) is 58.8 Å². The largest absolute Gasteiger partial charge is 0.497 e. The highest BCUT2D eigenvalue weighted by atomic mass is 32.2. The maximum atomic E-state index is 15.1. The van der Waals surface area contributed by atoms with Gasteiger partial charge in [0.05, 0.1) is 51.0 Å². The van der Waals surface area contributed by atoms with Gasteiger partial charge >= 0.3 is 6.09 Å². The molecule has 4 amide bonds. The highest BCUT2D eigenvalue weighted by Gasteiger charge is 2.62. The number of nitrogens with one attached hydrogen (secondary N) is 2. The molecular formula is C40H53N5O12S. The number of rotatable bonds is 12. The van der Waals surface area contributed by atoms with Gasteiger partial charge in [0.2, 0.25) is 27.7 Å². The van der Waals surface area contributed by atoms with E-state index in [2.05, 4.69) is 15.0 Å². The van der Waals surface area contributed by atoms with Crippen LogP contribution in [0.5, 0.6) is 17.4 Å². The van der Waals surface area contributed by atoms with Crippen LogP contribution in [-0.2, 0) is 33.9 Å². The number of amides is 4. The van der Waals surface area contributed by atoms with E-state index in [0.29, 0.717) is 54.6 Å². The van der Waals surface area contributed by atoms with Crippen LogP contribution in [0.2, 0.25) is 0 Å². The van der Waals surface area contributed by atoms with Crippen molar-refractivity contribution in [2.75, 3.05) is 47.2 Å². The van der Waals surface area contributed by atoms with Crippen LogP contribution in [-0.4, -0.2) is 134 Å². The molecule has 0 unspecified atom stereocenters. The third-order valence-corrected chi connectivity index (χ3v) is 13.8. The molecule has 2 aromatic rings. The van der Waals surface area contributed by atoms with Crippen molar-refractivity contribution < 1.29 is 56.4 Å². The van der Waals surface area contributed by atoms with E-state index < -0.39 is 80.7 Å². The average molecular weight is 828 g/mol. The minimum atomic E-state index is -3.94. The first kappa shape index (κ1) is 41.5. The Bertz CT molecular complexity index is 2040. The van der Waals surface area contributed by atoms with Gasteiger partial charge in [0.15, 0.2) is 0 Å². The first-order valence-corrected chi connectivity index (χ1v) is 21.5. The van der Waals surface area contributed by atoms with Crippen molar-refractivity contribution in [3.05, 3.63) is 36.5 Å². The standard InChI is InChI=1S/C40H53N5O12S/c1-23-7-5-6-8-25-18-40(25,38(48)43-58(51,52)29-10-11-29)42-35(46)32-17-28(20-44(32)37(47)34(24(2)15-23)45(39(49)50)26-21-55-22-26)57-36-30-12-9-27(54-4)16-31(30)33(19-41-36)56-14-13-53-3/h6,8-9,12,16,19,23-26,28-29,32,34H,5,7,10-11,13-15,17-18,20-22H2,1-4H3,(H,42,46)(H,43,48)(H,49,50)/b8-6-/t23-,24-,25-,28-,32+,34+,40-/m1/s1. The summed E-state index contributed by atoms with van der Waals surface area (Å²) in [7, 11) is -0.822. The Labute approximate surface area is 337 Å². The monoisotopic (exact) mass is 827 g/mol. The summed E-state index contributed by atoms with van der Waals surface area (Å²) in [5.74, 6) is -1.65. The van der Waals surface area contributed by atoms with Crippen molar-refractivity contribution in [3.63, 3.8) is 0 Å². The summed E-state index contributed by atoms with van der Waals surface area (Å²) >= 11 is 0. The van der Waals surface area contributed by atoms with Crippen LogP contribution >= 0.6 is 0 Å². The highest BCUT2D eigenvalue weighted by Crippen LogP contribution is 2.46. The fraction of sp³-hybridized carbons (Fsp3) is 0.625. The smallest absolute Gasteiger partial charge is 0.408 e. The number of benzene rings is 1. The van der Waals surface area contributed by atoms with E-state index in [1.54, 1.807) is 32.4 Å². The molecule has 0 spiro atoms. The van der Waals surface area contributed by atoms with Gasteiger partial charge in [-0.1, -0.05) is 26.0 Å². The molecule has 316 valence electrons. The third-order valence-electron chi connectivity index (χ3n) is 12.0. The van der Waals surface area contributed by atoms with Crippen molar-refractivity contribution in [3.8, 4) is 17.4 Å². The highest BCUT2D eigenvalue weighted by molar-refractivity contribution is 7.91. The number of sulfonamides is 1. The lowest BCUT2D eigenvalue weighted by molar-refractivity contribution is -0.149. The van der Waals surface area contributed by atoms with Gasteiger partial charge in [-0.05, 0) is 68.6 Å². The molecule has 18 heteroatoms. The summed E-state index contributed by atoms with van der Waals surface area (Å²) < 4.78 is 56.5. The number of allylic oxidation sites excluding steroid dienone is 1. The first-order valence-electron chi connectivity index (χ1n) is 20.0. The van der Waals surface area contributed by atoms with Gasteiger partial charge < -0.3 is 39.0 Å². The second-order valence-corrected chi connectivity index (χ2v) is 18.2. The Kier molecular flexibility index (Phi) is 12.1. The molecule has 7 rings (SSSR count). The Morgan fingerprint density at radius 1 is 1.10 bits per heavy atom. The molecule has 2 saturated carbocycles. The molecule has 4 fully saturated rings. The van der Waals surface area contributed by atoms with Crippen LogP contribution in [0.4, 0.5) is 4.79 Å². The summed E-state index contributed by atoms with van der Waals surface area (Å²) in [5, 5.41) is 14.0. The first-order chi connectivity index (χ1) is 27.8. The predicted octanol–water partition coefficient (Wildman–Crippen LogP) is 2.86. The van der Waals surface area contributed by atoms with Gasteiger partial charge in [0.1, 0.15) is 41.8 Å². The summed E-state index contributed by atoms with van der Waals surface area (Å²) in [6, 6.07) is 2.38. The van der Waals surface area contributed by atoms with E-state index in [1.807, 2.05) is 26.0 Å². The third kappa shape index (κ3) is 8.54. The minimum Gasteiger partial charge on any atom is -0.497 e. The molecular weight excluding hydrogens is 775 g/mol. The predicted molar refractivity (Wildman–Crippen MR) is 209 cm³/mol. The van der Waals surface area contributed by atoms with Crippen molar-refractivity contribution in [2.24, 2.45) is 17.8 Å². The van der Waals surface area contributed by atoms with Gasteiger partial charge in [0.25, 0.3) is 5.91 Å². The molecule has 0 radical (unpaired) electrons. The van der Waals surface area contributed by atoms with Gasteiger partial charge in [0, 0.05) is 30.2 Å². The molecule has 1 aromatic carbocycles. The Hall–Kier alpha value is -4.68.